The van der Waals surface area contributed by atoms with Crippen LogP contribution in [-0.4, -0.2) is 55.3 Å². The van der Waals surface area contributed by atoms with E-state index in [1.165, 1.54) is 89.9 Å². The van der Waals surface area contributed by atoms with Gasteiger partial charge in [0.2, 0.25) is 0 Å². The summed E-state index contributed by atoms with van der Waals surface area (Å²) in [4.78, 5) is 23.1. The van der Waals surface area contributed by atoms with E-state index in [0.717, 1.165) is 18.8 Å². The minimum Gasteiger partial charge on any atom is -0.481 e. The quantitative estimate of drug-likeness (QED) is 0.0962. The molecule has 0 aliphatic carbocycles. The average molecular weight is 471 g/mol. The highest BCUT2D eigenvalue weighted by molar-refractivity contribution is 5.71. The second-order valence-corrected chi connectivity index (χ2v) is 11.2. The van der Waals surface area contributed by atoms with Gasteiger partial charge in [0.25, 0.3) is 0 Å². The molecule has 0 radical (unpaired) electrons. The molecule has 5 heteroatoms. The molecule has 0 aliphatic heterocycles. The third-order valence-electron chi connectivity index (χ3n) is 6.33. The van der Waals surface area contributed by atoms with E-state index in [-0.39, 0.29) is 12.4 Å². The van der Waals surface area contributed by atoms with Crippen LogP contribution in [0, 0.1) is 5.92 Å². The number of carbonyl (C=O) groups is 2. The molecule has 0 fully saturated rings. The van der Waals surface area contributed by atoms with Crippen LogP contribution in [0.5, 0.6) is 0 Å². The van der Waals surface area contributed by atoms with Crippen LogP contribution >= 0.6 is 0 Å². The number of rotatable bonds is 23. The van der Waals surface area contributed by atoms with Crippen molar-refractivity contribution in [1.82, 2.24) is 0 Å². The molecule has 0 bridgehead atoms. The predicted molar refractivity (Wildman–Crippen MR) is 138 cm³/mol. The summed E-state index contributed by atoms with van der Waals surface area (Å²) in [6.45, 7) is 5.20. The van der Waals surface area contributed by atoms with Crippen molar-refractivity contribution in [3.63, 3.8) is 0 Å². The first-order valence-corrected chi connectivity index (χ1v) is 13.9. The van der Waals surface area contributed by atoms with Crippen LogP contribution in [0.2, 0.25) is 0 Å². The molecule has 33 heavy (non-hydrogen) atoms. The van der Waals surface area contributed by atoms with Crippen LogP contribution < -0.4 is 0 Å². The number of unbranched alkanes of at least 4 members (excludes halogenated alkanes) is 12. The van der Waals surface area contributed by atoms with E-state index in [2.05, 4.69) is 13.8 Å². The molecule has 0 heterocycles. The molecule has 0 aromatic carbocycles. The standard InChI is InChI=1S/C28H55NO4/c1-6-7-8-9-14-17-20-25(2)21-18-15-12-10-11-13-16-19-22-28(32)33-26(23-27(30)31)24-29(3,4)5/h25-26H,6-24H2,1-5H3/p+1. The summed E-state index contributed by atoms with van der Waals surface area (Å²) >= 11 is 0. The predicted octanol–water partition coefficient (Wildman–Crippen LogP) is 7.37. The van der Waals surface area contributed by atoms with Gasteiger partial charge >= 0.3 is 11.9 Å². The van der Waals surface area contributed by atoms with Gasteiger partial charge in [-0.05, 0) is 12.3 Å². The largest absolute Gasteiger partial charge is 0.481 e. The Morgan fingerprint density at radius 3 is 1.67 bits per heavy atom. The minimum absolute atomic E-state index is 0.126. The lowest BCUT2D eigenvalue weighted by Crippen LogP contribution is -2.43. The Morgan fingerprint density at radius 1 is 0.758 bits per heavy atom. The third kappa shape index (κ3) is 23.8. The van der Waals surface area contributed by atoms with E-state index in [1.54, 1.807) is 0 Å². The number of ether oxygens (including phenoxy) is 1. The monoisotopic (exact) mass is 470 g/mol. The number of esters is 1. The fourth-order valence-electron chi connectivity index (χ4n) is 4.43. The van der Waals surface area contributed by atoms with Crippen LogP contribution in [0.15, 0.2) is 0 Å². The number of nitrogens with zero attached hydrogens (tertiary/aromatic N) is 1. The lowest BCUT2D eigenvalue weighted by Gasteiger charge is -2.28. The summed E-state index contributed by atoms with van der Waals surface area (Å²) in [5, 5.41) is 9.04. The van der Waals surface area contributed by atoms with E-state index in [0.29, 0.717) is 17.4 Å². The third-order valence-corrected chi connectivity index (χ3v) is 6.33. The molecule has 0 saturated carbocycles. The molecule has 2 atom stereocenters. The molecule has 0 aliphatic rings. The van der Waals surface area contributed by atoms with E-state index < -0.39 is 12.1 Å². The smallest absolute Gasteiger partial charge is 0.307 e. The van der Waals surface area contributed by atoms with Crippen LogP contribution in [0.3, 0.4) is 0 Å². The number of carbonyl (C=O) groups excluding carboxylic acids is 1. The van der Waals surface area contributed by atoms with Gasteiger partial charge < -0.3 is 14.3 Å². The van der Waals surface area contributed by atoms with Gasteiger partial charge in [-0.1, -0.05) is 110 Å². The molecule has 0 saturated heterocycles. The van der Waals surface area contributed by atoms with Gasteiger partial charge in [0, 0.05) is 6.42 Å². The molecule has 196 valence electrons. The summed E-state index contributed by atoms with van der Waals surface area (Å²) in [5.74, 6) is -0.299. The van der Waals surface area contributed by atoms with Crippen LogP contribution in [-0.2, 0) is 14.3 Å². The van der Waals surface area contributed by atoms with Crippen molar-refractivity contribution in [3.8, 4) is 0 Å². The van der Waals surface area contributed by atoms with Gasteiger partial charge in [-0.3, -0.25) is 9.59 Å². The summed E-state index contributed by atoms with van der Waals surface area (Å²) in [5.41, 5.74) is 0. The highest BCUT2D eigenvalue weighted by Crippen LogP contribution is 2.19. The number of quaternary nitrogens is 1. The Kier molecular flexibility index (Phi) is 19.6. The Balaban J connectivity index is 3.60. The molecule has 5 nitrogen and oxygen atoms in total. The van der Waals surface area contributed by atoms with Gasteiger partial charge in [0.1, 0.15) is 6.54 Å². The maximum atomic E-state index is 12.1. The van der Waals surface area contributed by atoms with Gasteiger partial charge in [0.05, 0.1) is 27.6 Å². The Hall–Kier alpha value is -1.10. The van der Waals surface area contributed by atoms with Crippen LogP contribution in [0.4, 0.5) is 0 Å². The molecular weight excluding hydrogens is 414 g/mol. The number of likely N-dealkylation sites (N-methyl/N-ethyl adjacent to an activating group) is 1. The second-order valence-electron chi connectivity index (χ2n) is 11.2. The van der Waals surface area contributed by atoms with E-state index in [4.69, 9.17) is 9.84 Å². The average Bonchev–Trinajstić information content (AvgIpc) is 2.70. The zero-order valence-electron chi connectivity index (χ0n) is 22.7. The molecule has 0 aromatic rings. The van der Waals surface area contributed by atoms with Gasteiger partial charge in [-0.2, -0.15) is 0 Å². The molecule has 0 spiro atoms. The summed E-state index contributed by atoms with van der Waals surface area (Å²) < 4.78 is 6.01. The maximum absolute atomic E-state index is 12.1. The van der Waals surface area contributed by atoms with Crippen molar-refractivity contribution in [2.75, 3.05) is 27.7 Å². The normalized spacial score (nSPS) is 13.6. The van der Waals surface area contributed by atoms with Crippen molar-refractivity contribution in [2.24, 2.45) is 5.92 Å². The van der Waals surface area contributed by atoms with Crippen LogP contribution in [0.1, 0.15) is 129 Å². The Bertz CT molecular complexity index is 487. The fraction of sp³-hybridized carbons (Fsp3) is 0.929. The highest BCUT2D eigenvalue weighted by atomic mass is 16.5. The minimum atomic E-state index is -0.923. The summed E-state index contributed by atoms with van der Waals surface area (Å²) in [7, 11) is 5.92. The van der Waals surface area contributed by atoms with Crippen molar-refractivity contribution >= 4 is 11.9 Å². The SMILES string of the molecule is CCCCCCCCC(C)CCCCCCCCCCC(=O)OC(CC(=O)O)C[N+](C)(C)C. The topological polar surface area (TPSA) is 63.6 Å². The zero-order chi connectivity index (χ0) is 25.0. The van der Waals surface area contributed by atoms with Crippen molar-refractivity contribution in [3.05, 3.63) is 0 Å². The van der Waals surface area contributed by atoms with Crippen molar-refractivity contribution in [1.29, 1.82) is 0 Å². The Labute approximate surface area is 205 Å². The van der Waals surface area contributed by atoms with Gasteiger partial charge in [-0.25, -0.2) is 0 Å². The van der Waals surface area contributed by atoms with Gasteiger partial charge in [0.15, 0.2) is 6.10 Å². The first-order chi connectivity index (χ1) is 15.6. The number of aliphatic carboxylic acids is 1. The zero-order valence-corrected chi connectivity index (χ0v) is 22.7. The number of carboxylic acids is 1. The maximum Gasteiger partial charge on any atom is 0.307 e. The molecular formula is C28H56NO4+. The number of carboxylic acid groups (broad SMARTS) is 1. The summed E-state index contributed by atoms with van der Waals surface area (Å²) in [6.07, 6.45) is 20.5. The molecule has 0 aromatic heterocycles. The molecule has 0 amide bonds. The molecule has 2 unspecified atom stereocenters. The Morgan fingerprint density at radius 2 is 1.21 bits per heavy atom. The first-order valence-electron chi connectivity index (χ1n) is 13.9. The lowest BCUT2D eigenvalue weighted by molar-refractivity contribution is -0.873. The molecule has 0 rings (SSSR count). The van der Waals surface area contributed by atoms with Crippen molar-refractivity contribution in [2.45, 2.75) is 136 Å². The van der Waals surface area contributed by atoms with Gasteiger partial charge in [-0.15, -0.1) is 0 Å². The highest BCUT2D eigenvalue weighted by Gasteiger charge is 2.24. The summed E-state index contributed by atoms with van der Waals surface area (Å²) in [6, 6.07) is 0. The van der Waals surface area contributed by atoms with Crippen LogP contribution in [0.25, 0.3) is 0 Å². The number of hydrogen-bond donors (Lipinski definition) is 1. The first kappa shape index (κ1) is 31.9. The molecule has 1 N–H and O–H groups in total. The fourth-order valence-corrected chi connectivity index (χ4v) is 4.43. The second kappa shape index (κ2) is 20.3. The van der Waals surface area contributed by atoms with E-state index in [1.807, 2.05) is 21.1 Å². The number of hydrogen-bond acceptors (Lipinski definition) is 3. The lowest BCUT2D eigenvalue weighted by atomic mass is 9.96. The van der Waals surface area contributed by atoms with E-state index in [9.17, 15) is 9.59 Å². The van der Waals surface area contributed by atoms with E-state index >= 15 is 0 Å². The van der Waals surface area contributed by atoms with Crippen molar-refractivity contribution < 1.29 is 23.9 Å².